The molecule has 2 rings (SSSR count). The van der Waals surface area contributed by atoms with Gasteiger partial charge in [-0.2, -0.15) is 11.8 Å². The maximum Gasteiger partial charge on any atom is 0.207 e. The van der Waals surface area contributed by atoms with Crippen molar-refractivity contribution in [3.05, 3.63) is 24.0 Å². The third-order valence-electron chi connectivity index (χ3n) is 3.63. The fourth-order valence-electron chi connectivity index (χ4n) is 2.56. The average Bonchev–Trinajstić information content (AvgIpc) is 2.91. The van der Waals surface area contributed by atoms with Gasteiger partial charge >= 0.3 is 0 Å². The van der Waals surface area contributed by atoms with E-state index in [1.807, 2.05) is 11.8 Å². The van der Waals surface area contributed by atoms with Crippen LogP contribution in [-0.4, -0.2) is 47.0 Å². The van der Waals surface area contributed by atoms with E-state index >= 15 is 0 Å². The molecule has 0 bridgehead atoms. The minimum atomic E-state index is 0.763. The van der Waals surface area contributed by atoms with Crippen molar-refractivity contribution in [3.8, 4) is 0 Å². The predicted octanol–water partition coefficient (Wildman–Crippen LogP) is 1.95. The lowest BCUT2D eigenvalue weighted by Crippen LogP contribution is -2.28. The first-order valence-electron chi connectivity index (χ1n) is 7.50. The molecule has 1 aromatic rings. The zero-order chi connectivity index (χ0) is 14.0. The molecule has 1 aliphatic rings. The summed E-state index contributed by atoms with van der Waals surface area (Å²) in [5.41, 5.74) is 1.43. The Labute approximate surface area is 125 Å². The molecule has 1 saturated heterocycles. The first-order valence-corrected chi connectivity index (χ1v) is 8.66. The van der Waals surface area contributed by atoms with Gasteiger partial charge in [0.1, 0.15) is 0 Å². The smallest absolute Gasteiger partial charge is 0.207 e. The molecule has 1 aliphatic heterocycles. The van der Waals surface area contributed by atoms with Crippen LogP contribution in [-0.2, 0) is 17.9 Å². The van der Waals surface area contributed by atoms with Gasteiger partial charge in [0.2, 0.25) is 6.41 Å². The summed E-state index contributed by atoms with van der Waals surface area (Å²) in [6.07, 6.45) is 9.33. The number of carbonyl (C=O) groups excluding carboxylic acids is 1. The molecule has 2 heterocycles. The Morgan fingerprint density at radius 1 is 1.25 bits per heavy atom. The summed E-state index contributed by atoms with van der Waals surface area (Å²) in [5.74, 6) is 2.08. The van der Waals surface area contributed by atoms with Crippen LogP contribution in [0.5, 0.6) is 0 Å². The predicted molar refractivity (Wildman–Crippen MR) is 85.0 cm³/mol. The van der Waals surface area contributed by atoms with Crippen molar-refractivity contribution in [2.75, 3.05) is 31.1 Å². The van der Waals surface area contributed by atoms with Gasteiger partial charge in [-0.1, -0.05) is 6.42 Å². The third kappa shape index (κ3) is 5.59. The molecule has 1 N–H and O–H groups in total. The first-order chi connectivity index (χ1) is 9.88. The normalized spacial score (nSPS) is 16.2. The number of aromatic nitrogens is 1. The number of nitrogens with one attached hydrogen (secondary N) is 1. The zero-order valence-electron chi connectivity index (χ0n) is 12.1. The number of hydrogen-bond donors (Lipinski definition) is 1. The van der Waals surface area contributed by atoms with Gasteiger partial charge in [0, 0.05) is 43.5 Å². The van der Waals surface area contributed by atoms with Crippen molar-refractivity contribution in [1.82, 2.24) is 14.8 Å². The number of carbonyl (C=O) groups is 1. The molecule has 1 fully saturated rings. The van der Waals surface area contributed by atoms with E-state index in [2.05, 4.69) is 33.2 Å². The van der Waals surface area contributed by atoms with Crippen molar-refractivity contribution >= 4 is 18.2 Å². The summed E-state index contributed by atoms with van der Waals surface area (Å²) in [5, 5.41) is 2.68. The minimum absolute atomic E-state index is 0.763. The van der Waals surface area contributed by atoms with E-state index in [1.165, 1.54) is 37.9 Å². The zero-order valence-corrected chi connectivity index (χ0v) is 12.9. The van der Waals surface area contributed by atoms with E-state index in [0.29, 0.717) is 0 Å². The van der Waals surface area contributed by atoms with Crippen LogP contribution in [0, 0.1) is 0 Å². The highest BCUT2D eigenvalue weighted by Crippen LogP contribution is 2.13. The van der Waals surface area contributed by atoms with Gasteiger partial charge in [-0.15, -0.1) is 0 Å². The Kier molecular flexibility index (Phi) is 7.01. The van der Waals surface area contributed by atoms with Crippen molar-refractivity contribution in [2.24, 2.45) is 0 Å². The summed E-state index contributed by atoms with van der Waals surface area (Å²) in [6.45, 7) is 5.42. The lowest BCUT2D eigenvalue weighted by Gasteiger charge is -2.25. The molecule has 0 atom stereocenters. The molecule has 20 heavy (non-hydrogen) atoms. The molecule has 0 saturated carbocycles. The number of rotatable bonds is 9. The molecular weight excluding hydrogens is 270 g/mol. The summed E-state index contributed by atoms with van der Waals surface area (Å²) >= 11 is 1.88. The SMILES string of the molecule is O=CNCCSCCn1ccc(CN2CCCCC2)c1. The average molecular weight is 295 g/mol. The van der Waals surface area contributed by atoms with Crippen molar-refractivity contribution in [1.29, 1.82) is 0 Å². The molecule has 1 aromatic heterocycles. The number of piperidine rings is 1. The quantitative estimate of drug-likeness (QED) is 0.559. The Morgan fingerprint density at radius 2 is 2.10 bits per heavy atom. The van der Waals surface area contributed by atoms with Gasteiger partial charge in [-0.3, -0.25) is 9.69 Å². The van der Waals surface area contributed by atoms with E-state index in [0.717, 1.165) is 37.6 Å². The van der Waals surface area contributed by atoms with Crippen molar-refractivity contribution < 1.29 is 4.79 Å². The van der Waals surface area contributed by atoms with E-state index in [9.17, 15) is 4.79 Å². The highest BCUT2D eigenvalue weighted by molar-refractivity contribution is 7.99. The fourth-order valence-corrected chi connectivity index (χ4v) is 3.37. The Bertz CT molecular complexity index is 388. The first kappa shape index (κ1) is 15.4. The summed E-state index contributed by atoms with van der Waals surface area (Å²) in [6, 6.07) is 2.24. The lowest BCUT2D eigenvalue weighted by atomic mass is 10.1. The van der Waals surface area contributed by atoms with Gasteiger partial charge in [0.25, 0.3) is 0 Å². The molecular formula is C15H25N3OS. The lowest BCUT2D eigenvalue weighted by molar-refractivity contribution is -0.109. The van der Waals surface area contributed by atoms with Crippen LogP contribution >= 0.6 is 11.8 Å². The van der Waals surface area contributed by atoms with Gasteiger partial charge in [-0.25, -0.2) is 0 Å². The molecule has 4 nitrogen and oxygen atoms in total. The number of nitrogens with zero attached hydrogens (tertiary/aromatic N) is 2. The standard InChI is InChI=1S/C15H25N3OS/c19-14-16-5-10-20-11-9-18-8-4-15(13-18)12-17-6-2-1-3-7-17/h4,8,13-14H,1-3,5-7,9-12H2,(H,16,19). The van der Waals surface area contributed by atoms with Crippen molar-refractivity contribution in [3.63, 3.8) is 0 Å². The highest BCUT2D eigenvalue weighted by atomic mass is 32.2. The summed E-state index contributed by atoms with van der Waals surface area (Å²) in [4.78, 5) is 12.7. The number of hydrogen-bond acceptors (Lipinski definition) is 3. The van der Waals surface area contributed by atoms with Crippen LogP contribution < -0.4 is 5.32 Å². The largest absolute Gasteiger partial charge is 0.358 e. The number of likely N-dealkylation sites (tertiary alicyclic amines) is 1. The van der Waals surface area contributed by atoms with Crippen molar-refractivity contribution in [2.45, 2.75) is 32.4 Å². The summed E-state index contributed by atoms with van der Waals surface area (Å²) < 4.78 is 2.28. The minimum Gasteiger partial charge on any atom is -0.358 e. The second-order valence-electron chi connectivity index (χ2n) is 5.28. The Morgan fingerprint density at radius 3 is 2.90 bits per heavy atom. The highest BCUT2D eigenvalue weighted by Gasteiger charge is 2.10. The van der Waals surface area contributed by atoms with Crippen LogP contribution in [0.4, 0.5) is 0 Å². The summed E-state index contributed by atoms with van der Waals surface area (Å²) in [7, 11) is 0. The maximum atomic E-state index is 10.1. The molecule has 0 aliphatic carbocycles. The molecule has 0 radical (unpaired) electrons. The second kappa shape index (κ2) is 9.08. The third-order valence-corrected chi connectivity index (χ3v) is 4.60. The van der Waals surface area contributed by atoms with Gasteiger partial charge in [0.15, 0.2) is 0 Å². The van der Waals surface area contributed by atoms with E-state index in [1.54, 1.807) is 0 Å². The molecule has 1 amide bonds. The second-order valence-corrected chi connectivity index (χ2v) is 6.50. The monoisotopic (exact) mass is 295 g/mol. The van der Waals surface area contributed by atoms with Crippen LogP contribution in [0.3, 0.4) is 0 Å². The topological polar surface area (TPSA) is 37.3 Å². The van der Waals surface area contributed by atoms with Gasteiger partial charge < -0.3 is 9.88 Å². The van der Waals surface area contributed by atoms with Crippen LogP contribution in [0.15, 0.2) is 18.5 Å². The molecule has 112 valence electrons. The van der Waals surface area contributed by atoms with Gasteiger partial charge in [0.05, 0.1) is 0 Å². The number of thioether (sulfide) groups is 1. The number of aryl methyl sites for hydroxylation is 1. The molecule has 0 unspecified atom stereocenters. The molecule has 0 aromatic carbocycles. The van der Waals surface area contributed by atoms with Crippen LogP contribution in [0.25, 0.3) is 0 Å². The molecule has 5 heteroatoms. The Hall–Kier alpha value is -0.940. The van der Waals surface area contributed by atoms with Crippen LogP contribution in [0.1, 0.15) is 24.8 Å². The Balaban J connectivity index is 1.62. The van der Waals surface area contributed by atoms with Gasteiger partial charge in [-0.05, 0) is 37.6 Å². The fraction of sp³-hybridized carbons (Fsp3) is 0.667. The maximum absolute atomic E-state index is 10.1. The van der Waals surface area contributed by atoms with Crippen LogP contribution in [0.2, 0.25) is 0 Å². The van der Waals surface area contributed by atoms with E-state index in [-0.39, 0.29) is 0 Å². The molecule has 0 spiro atoms. The van der Waals surface area contributed by atoms with E-state index < -0.39 is 0 Å². The van der Waals surface area contributed by atoms with E-state index in [4.69, 9.17) is 0 Å². The number of amides is 1.